The highest BCUT2D eigenvalue weighted by atomic mass is 35.5. The fraction of sp³-hybridized carbons (Fsp3) is 0.462. The first kappa shape index (κ1) is 17.8. The summed E-state index contributed by atoms with van der Waals surface area (Å²) in [6, 6.07) is 3.66. The summed E-state index contributed by atoms with van der Waals surface area (Å²) < 4.78 is 25.6. The van der Waals surface area contributed by atoms with Crippen LogP contribution >= 0.6 is 12.4 Å². The van der Waals surface area contributed by atoms with E-state index >= 15 is 0 Å². The quantitative estimate of drug-likeness (QED) is 0.842. The summed E-state index contributed by atoms with van der Waals surface area (Å²) in [6.45, 7) is 5.29. The Labute approximate surface area is 118 Å². The minimum Gasteiger partial charge on any atom is -0.354 e. The third-order valence-electron chi connectivity index (χ3n) is 2.51. The number of likely N-dealkylation sites (N-methyl/N-ethyl adjacent to an activating group) is 1. The third-order valence-corrected chi connectivity index (χ3v) is 2.51. The number of rotatable bonds is 6. The predicted molar refractivity (Wildman–Crippen MR) is 73.5 cm³/mol. The van der Waals surface area contributed by atoms with Crippen molar-refractivity contribution >= 4 is 18.3 Å². The number of hydrogen-bond donors (Lipinski definition) is 2. The predicted octanol–water partition coefficient (Wildman–Crippen LogP) is 2.04. The minimum atomic E-state index is -0.929. The number of amides is 1. The van der Waals surface area contributed by atoms with Crippen molar-refractivity contribution in [1.82, 2.24) is 10.6 Å². The molecule has 1 aromatic rings. The van der Waals surface area contributed by atoms with Crippen LogP contribution < -0.4 is 10.6 Å². The van der Waals surface area contributed by atoms with Crippen LogP contribution in [0.3, 0.4) is 0 Å². The van der Waals surface area contributed by atoms with Crippen LogP contribution in [0.15, 0.2) is 18.2 Å². The van der Waals surface area contributed by atoms with Crippen molar-refractivity contribution in [3.8, 4) is 0 Å². The van der Waals surface area contributed by atoms with E-state index in [1.54, 1.807) is 0 Å². The zero-order valence-electron chi connectivity index (χ0n) is 11.0. The molecule has 0 bridgehead atoms. The van der Waals surface area contributed by atoms with Crippen LogP contribution in [0.2, 0.25) is 0 Å². The molecule has 0 heterocycles. The van der Waals surface area contributed by atoms with Gasteiger partial charge in [0.05, 0.1) is 6.42 Å². The van der Waals surface area contributed by atoms with E-state index in [1.165, 1.54) is 6.07 Å². The van der Waals surface area contributed by atoms with Gasteiger partial charge in [0.1, 0.15) is 0 Å². The zero-order valence-corrected chi connectivity index (χ0v) is 11.8. The van der Waals surface area contributed by atoms with Crippen molar-refractivity contribution in [2.45, 2.75) is 26.3 Å². The van der Waals surface area contributed by atoms with Gasteiger partial charge in [-0.25, -0.2) is 8.78 Å². The fourth-order valence-electron chi connectivity index (χ4n) is 1.59. The number of nitrogens with one attached hydrogen (secondary N) is 2. The molecule has 1 aromatic carbocycles. The van der Waals surface area contributed by atoms with Gasteiger partial charge in [0.2, 0.25) is 5.91 Å². The smallest absolute Gasteiger partial charge is 0.224 e. The lowest BCUT2D eigenvalue weighted by Crippen LogP contribution is -2.39. The van der Waals surface area contributed by atoms with E-state index in [2.05, 4.69) is 10.6 Å². The van der Waals surface area contributed by atoms with Gasteiger partial charge in [0, 0.05) is 12.6 Å². The van der Waals surface area contributed by atoms with E-state index in [1.807, 2.05) is 13.8 Å². The third kappa shape index (κ3) is 6.50. The van der Waals surface area contributed by atoms with Crippen molar-refractivity contribution in [3.05, 3.63) is 35.4 Å². The average molecular weight is 293 g/mol. The van der Waals surface area contributed by atoms with Gasteiger partial charge in [0.25, 0.3) is 0 Å². The van der Waals surface area contributed by atoms with Crippen molar-refractivity contribution < 1.29 is 13.6 Å². The van der Waals surface area contributed by atoms with Crippen LogP contribution in [-0.2, 0) is 11.2 Å². The lowest BCUT2D eigenvalue weighted by atomic mass is 10.1. The summed E-state index contributed by atoms with van der Waals surface area (Å²) in [6.07, 6.45) is 0.0516. The summed E-state index contributed by atoms with van der Waals surface area (Å²) in [5, 5.41) is 5.89. The van der Waals surface area contributed by atoms with Crippen molar-refractivity contribution in [2.75, 3.05) is 13.1 Å². The molecule has 1 amide bonds. The topological polar surface area (TPSA) is 41.1 Å². The van der Waals surface area contributed by atoms with E-state index in [0.717, 1.165) is 18.7 Å². The van der Waals surface area contributed by atoms with E-state index < -0.39 is 11.6 Å². The van der Waals surface area contributed by atoms with Gasteiger partial charge in [-0.15, -0.1) is 12.4 Å². The molecule has 0 unspecified atom stereocenters. The maximum absolute atomic E-state index is 12.9. The average Bonchev–Trinajstić information content (AvgIpc) is 2.32. The van der Waals surface area contributed by atoms with E-state index in [0.29, 0.717) is 12.1 Å². The van der Waals surface area contributed by atoms with Gasteiger partial charge >= 0.3 is 0 Å². The van der Waals surface area contributed by atoms with Gasteiger partial charge in [0.15, 0.2) is 11.6 Å². The minimum absolute atomic E-state index is 0. The molecule has 0 saturated carbocycles. The molecule has 0 radical (unpaired) electrons. The zero-order chi connectivity index (χ0) is 13.5. The normalized spacial score (nSPS) is 11.6. The lowest BCUT2D eigenvalue weighted by molar-refractivity contribution is -0.120. The Morgan fingerprint density at radius 3 is 2.58 bits per heavy atom. The Balaban J connectivity index is 0.00000324. The highest BCUT2D eigenvalue weighted by molar-refractivity contribution is 5.85. The number of halogens is 3. The molecule has 3 nitrogen and oxygen atoms in total. The second-order valence-electron chi connectivity index (χ2n) is 4.19. The second-order valence-corrected chi connectivity index (χ2v) is 4.19. The van der Waals surface area contributed by atoms with Gasteiger partial charge in [-0.05, 0) is 31.2 Å². The summed E-state index contributed by atoms with van der Waals surface area (Å²) >= 11 is 0. The Morgan fingerprint density at radius 2 is 2.00 bits per heavy atom. The Bertz CT molecular complexity index is 416. The Kier molecular flexibility index (Phi) is 8.27. The van der Waals surface area contributed by atoms with Gasteiger partial charge < -0.3 is 10.6 Å². The van der Waals surface area contributed by atoms with Crippen LogP contribution in [0.5, 0.6) is 0 Å². The molecule has 6 heteroatoms. The standard InChI is InChI=1S/C13H18F2N2O.ClH/c1-3-16-9(2)8-17-13(18)7-10-4-5-11(14)12(15)6-10;/h4-6,9,16H,3,7-8H2,1-2H3,(H,17,18);1H/t9-;/m1./s1. The SMILES string of the molecule is CCN[C@H](C)CNC(=O)Cc1ccc(F)c(F)c1.Cl. The molecule has 0 aliphatic heterocycles. The molecular formula is C13H19ClF2N2O. The molecule has 1 rings (SSSR count). The molecule has 19 heavy (non-hydrogen) atoms. The number of benzene rings is 1. The molecule has 108 valence electrons. The molecule has 0 aliphatic carbocycles. The first-order chi connectivity index (χ1) is 8.52. The molecule has 0 spiro atoms. The lowest BCUT2D eigenvalue weighted by Gasteiger charge is -2.13. The Hall–Kier alpha value is -1.20. The number of carbonyl (C=O) groups is 1. The summed E-state index contributed by atoms with van der Waals surface area (Å²) in [4.78, 5) is 11.6. The van der Waals surface area contributed by atoms with Crippen LogP contribution in [0.4, 0.5) is 8.78 Å². The monoisotopic (exact) mass is 292 g/mol. The van der Waals surface area contributed by atoms with Gasteiger partial charge in [-0.3, -0.25) is 4.79 Å². The van der Waals surface area contributed by atoms with E-state index in [-0.39, 0.29) is 30.8 Å². The molecule has 2 N–H and O–H groups in total. The maximum Gasteiger partial charge on any atom is 0.224 e. The maximum atomic E-state index is 12.9. The highest BCUT2D eigenvalue weighted by Gasteiger charge is 2.08. The molecule has 0 fully saturated rings. The van der Waals surface area contributed by atoms with Crippen LogP contribution in [-0.4, -0.2) is 25.0 Å². The van der Waals surface area contributed by atoms with Gasteiger partial charge in [-0.2, -0.15) is 0 Å². The largest absolute Gasteiger partial charge is 0.354 e. The first-order valence-electron chi connectivity index (χ1n) is 5.97. The summed E-state index contributed by atoms with van der Waals surface area (Å²) in [5.74, 6) is -2.04. The number of hydrogen-bond acceptors (Lipinski definition) is 2. The van der Waals surface area contributed by atoms with E-state index in [9.17, 15) is 13.6 Å². The van der Waals surface area contributed by atoms with Crippen LogP contribution in [0.25, 0.3) is 0 Å². The molecule has 1 atom stereocenters. The van der Waals surface area contributed by atoms with Crippen molar-refractivity contribution in [1.29, 1.82) is 0 Å². The molecule has 0 aromatic heterocycles. The summed E-state index contributed by atoms with van der Waals surface area (Å²) in [5.41, 5.74) is 0.461. The van der Waals surface area contributed by atoms with Crippen LogP contribution in [0.1, 0.15) is 19.4 Å². The van der Waals surface area contributed by atoms with E-state index in [4.69, 9.17) is 0 Å². The second kappa shape index (κ2) is 8.82. The molecule has 0 saturated heterocycles. The van der Waals surface area contributed by atoms with Crippen molar-refractivity contribution in [2.24, 2.45) is 0 Å². The molecule has 0 aliphatic rings. The van der Waals surface area contributed by atoms with Crippen molar-refractivity contribution in [3.63, 3.8) is 0 Å². The Morgan fingerprint density at radius 1 is 1.32 bits per heavy atom. The first-order valence-corrected chi connectivity index (χ1v) is 5.97. The van der Waals surface area contributed by atoms with Crippen LogP contribution in [0, 0.1) is 11.6 Å². The fourth-order valence-corrected chi connectivity index (χ4v) is 1.59. The summed E-state index contributed by atoms with van der Waals surface area (Å²) in [7, 11) is 0. The van der Waals surface area contributed by atoms with Gasteiger partial charge in [-0.1, -0.05) is 13.0 Å². The highest BCUT2D eigenvalue weighted by Crippen LogP contribution is 2.09. The molecular weight excluding hydrogens is 274 g/mol. The number of carbonyl (C=O) groups excluding carboxylic acids is 1.